The quantitative estimate of drug-likeness (QED) is 0.503. The zero-order chi connectivity index (χ0) is 9.57. The van der Waals surface area contributed by atoms with Gasteiger partial charge in [0.05, 0.1) is 0 Å². The highest BCUT2D eigenvalue weighted by Gasteiger charge is 2.51. The van der Waals surface area contributed by atoms with Crippen molar-refractivity contribution in [3.63, 3.8) is 0 Å². The molecular formula is C11H16O. The number of rotatable bonds is 0. The lowest BCUT2D eigenvalue weighted by atomic mass is 9.69. The Morgan fingerprint density at radius 1 is 1.25 bits per heavy atom. The van der Waals surface area contributed by atoms with E-state index in [1.54, 1.807) is 0 Å². The second-order valence-corrected chi connectivity index (χ2v) is 4.51. The van der Waals surface area contributed by atoms with Crippen LogP contribution in [0.2, 0.25) is 0 Å². The normalized spacial score (nSPS) is 25.7. The molecule has 0 aromatic carbocycles. The molecule has 1 saturated carbocycles. The van der Waals surface area contributed by atoms with Crippen LogP contribution in [0.4, 0.5) is 0 Å². The number of Topliss-reactive ketones (excluding diaryl/α,β-unsaturated/α-hetero) is 1. The van der Waals surface area contributed by atoms with Crippen molar-refractivity contribution in [3.05, 3.63) is 17.9 Å². The van der Waals surface area contributed by atoms with E-state index >= 15 is 0 Å². The van der Waals surface area contributed by atoms with Gasteiger partial charge in [0.2, 0.25) is 0 Å². The van der Waals surface area contributed by atoms with Gasteiger partial charge in [0.15, 0.2) is 0 Å². The molecule has 0 aliphatic heterocycles. The summed E-state index contributed by atoms with van der Waals surface area (Å²) in [5.74, 6) is 0.304. The highest BCUT2D eigenvalue weighted by atomic mass is 16.1. The lowest BCUT2D eigenvalue weighted by Gasteiger charge is -2.33. The van der Waals surface area contributed by atoms with Gasteiger partial charge < -0.3 is 0 Å². The Labute approximate surface area is 74.2 Å². The predicted octanol–water partition coefficient (Wildman–Crippen LogP) is 2.72. The number of carbonyl (C=O) groups is 1. The molecule has 0 aromatic rings. The lowest BCUT2D eigenvalue weighted by molar-refractivity contribution is -0.126. The van der Waals surface area contributed by atoms with Gasteiger partial charge in [-0.3, -0.25) is 4.79 Å². The summed E-state index contributed by atoms with van der Waals surface area (Å²) in [6, 6.07) is 0. The molecule has 0 aromatic heterocycles. The van der Waals surface area contributed by atoms with Crippen molar-refractivity contribution in [2.75, 3.05) is 0 Å². The molecule has 0 amide bonds. The maximum Gasteiger partial charge on any atom is 0.144 e. The van der Waals surface area contributed by atoms with Gasteiger partial charge in [0, 0.05) is 17.3 Å². The SMILES string of the molecule is C=C=C1CC(=O)C(C)(C)C1(C)C. The standard InChI is InChI=1S/C11H16O/c1-6-8-7-9(12)11(4,5)10(8,2)3/h1,7H2,2-5H3. The molecule has 0 N–H and O–H groups in total. The van der Waals surface area contributed by atoms with Crippen LogP contribution >= 0.6 is 0 Å². The minimum absolute atomic E-state index is 0.0775. The van der Waals surface area contributed by atoms with Crippen molar-refractivity contribution < 1.29 is 4.79 Å². The fraction of sp³-hybridized carbons (Fsp3) is 0.636. The first kappa shape index (κ1) is 9.28. The molecule has 66 valence electrons. The summed E-state index contributed by atoms with van der Waals surface area (Å²) in [5, 5.41) is 0. The Balaban J connectivity index is 3.27. The van der Waals surface area contributed by atoms with Crippen LogP contribution in [0.3, 0.4) is 0 Å². The highest BCUT2D eigenvalue weighted by Crippen LogP contribution is 2.52. The number of ketones is 1. The molecule has 1 aliphatic rings. The van der Waals surface area contributed by atoms with E-state index in [2.05, 4.69) is 26.2 Å². The van der Waals surface area contributed by atoms with E-state index in [4.69, 9.17) is 0 Å². The summed E-state index contributed by atoms with van der Waals surface area (Å²) in [6.07, 6.45) is 0.531. The van der Waals surface area contributed by atoms with Crippen LogP contribution in [0, 0.1) is 10.8 Å². The van der Waals surface area contributed by atoms with Crippen molar-refractivity contribution in [1.29, 1.82) is 0 Å². The summed E-state index contributed by atoms with van der Waals surface area (Å²) >= 11 is 0. The molecule has 0 bridgehead atoms. The van der Waals surface area contributed by atoms with E-state index in [1.807, 2.05) is 13.8 Å². The highest BCUT2D eigenvalue weighted by molar-refractivity contribution is 5.91. The minimum atomic E-state index is -0.257. The summed E-state index contributed by atoms with van der Waals surface area (Å²) in [5.41, 5.74) is 3.60. The molecule has 0 saturated heterocycles. The van der Waals surface area contributed by atoms with Gasteiger partial charge in [-0.25, -0.2) is 0 Å². The van der Waals surface area contributed by atoms with Crippen LogP contribution in [0.25, 0.3) is 0 Å². The fourth-order valence-electron chi connectivity index (χ4n) is 1.61. The summed E-state index contributed by atoms with van der Waals surface area (Å²) < 4.78 is 0. The fourth-order valence-corrected chi connectivity index (χ4v) is 1.61. The summed E-state index contributed by atoms with van der Waals surface area (Å²) in [7, 11) is 0. The van der Waals surface area contributed by atoms with Gasteiger partial charge in [0.1, 0.15) is 5.78 Å². The number of allylic oxidation sites excluding steroid dienone is 1. The molecule has 0 heterocycles. The molecule has 0 atom stereocenters. The molecule has 1 nitrogen and oxygen atoms in total. The zero-order valence-electron chi connectivity index (χ0n) is 8.32. The van der Waals surface area contributed by atoms with Crippen molar-refractivity contribution in [1.82, 2.24) is 0 Å². The first-order chi connectivity index (χ1) is 5.34. The van der Waals surface area contributed by atoms with Gasteiger partial charge in [-0.15, -0.1) is 5.73 Å². The summed E-state index contributed by atoms with van der Waals surface area (Å²) in [4.78, 5) is 11.6. The maximum absolute atomic E-state index is 11.6. The first-order valence-corrected chi connectivity index (χ1v) is 4.26. The number of carbonyl (C=O) groups excluding carboxylic acids is 1. The smallest absolute Gasteiger partial charge is 0.144 e. The maximum atomic E-state index is 11.6. The van der Waals surface area contributed by atoms with Crippen LogP contribution in [-0.4, -0.2) is 5.78 Å². The Bertz CT molecular complexity index is 275. The minimum Gasteiger partial charge on any atom is -0.299 e. The molecule has 1 aliphatic carbocycles. The van der Waals surface area contributed by atoms with Gasteiger partial charge in [-0.05, 0) is 5.57 Å². The molecule has 12 heavy (non-hydrogen) atoms. The van der Waals surface area contributed by atoms with Crippen LogP contribution in [0.1, 0.15) is 34.1 Å². The van der Waals surface area contributed by atoms with Crippen molar-refractivity contribution >= 4 is 5.78 Å². The van der Waals surface area contributed by atoms with Gasteiger partial charge in [0.25, 0.3) is 0 Å². The predicted molar refractivity (Wildman–Crippen MR) is 49.8 cm³/mol. The van der Waals surface area contributed by atoms with Crippen LogP contribution in [0.15, 0.2) is 17.9 Å². The molecule has 1 fully saturated rings. The van der Waals surface area contributed by atoms with Gasteiger partial charge in [-0.2, -0.15) is 0 Å². The Morgan fingerprint density at radius 3 is 1.92 bits per heavy atom. The average molecular weight is 164 g/mol. The first-order valence-electron chi connectivity index (χ1n) is 4.26. The van der Waals surface area contributed by atoms with Crippen LogP contribution in [-0.2, 0) is 4.79 Å². The molecule has 1 rings (SSSR count). The topological polar surface area (TPSA) is 17.1 Å². The van der Waals surface area contributed by atoms with Gasteiger partial charge in [-0.1, -0.05) is 34.3 Å². The third kappa shape index (κ3) is 0.899. The molecule has 0 spiro atoms. The zero-order valence-corrected chi connectivity index (χ0v) is 8.32. The summed E-state index contributed by atoms with van der Waals surface area (Å²) in [6.45, 7) is 11.8. The lowest BCUT2D eigenvalue weighted by Crippen LogP contribution is -2.32. The molecular weight excluding hydrogens is 148 g/mol. The molecule has 1 heteroatoms. The van der Waals surface area contributed by atoms with E-state index in [0.29, 0.717) is 12.2 Å². The van der Waals surface area contributed by atoms with Crippen molar-refractivity contribution in [2.24, 2.45) is 10.8 Å². The van der Waals surface area contributed by atoms with Gasteiger partial charge >= 0.3 is 0 Å². The average Bonchev–Trinajstić information content (AvgIpc) is 2.10. The monoisotopic (exact) mass is 164 g/mol. The Morgan fingerprint density at radius 2 is 1.75 bits per heavy atom. The van der Waals surface area contributed by atoms with Crippen molar-refractivity contribution in [3.8, 4) is 0 Å². The van der Waals surface area contributed by atoms with E-state index in [0.717, 1.165) is 5.57 Å². The van der Waals surface area contributed by atoms with Crippen molar-refractivity contribution in [2.45, 2.75) is 34.1 Å². The molecule has 0 radical (unpaired) electrons. The van der Waals surface area contributed by atoms with E-state index in [1.165, 1.54) is 0 Å². The Hall–Kier alpha value is -0.810. The largest absolute Gasteiger partial charge is 0.299 e. The molecule has 0 unspecified atom stereocenters. The second kappa shape index (κ2) is 2.34. The van der Waals surface area contributed by atoms with E-state index < -0.39 is 0 Å². The third-order valence-electron chi connectivity index (χ3n) is 3.56. The van der Waals surface area contributed by atoms with E-state index in [-0.39, 0.29) is 10.8 Å². The van der Waals surface area contributed by atoms with E-state index in [9.17, 15) is 4.79 Å². The van der Waals surface area contributed by atoms with Crippen LogP contribution < -0.4 is 0 Å². The van der Waals surface area contributed by atoms with Crippen LogP contribution in [0.5, 0.6) is 0 Å². The third-order valence-corrected chi connectivity index (χ3v) is 3.56. The number of hydrogen-bond acceptors (Lipinski definition) is 1. The Kier molecular flexibility index (Phi) is 1.81. The second-order valence-electron chi connectivity index (χ2n) is 4.51. The number of hydrogen-bond donors (Lipinski definition) is 0.